The summed E-state index contributed by atoms with van der Waals surface area (Å²) in [4.78, 5) is 18.7. The average Bonchev–Trinajstić information content (AvgIpc) is 3.19. The van der Waals surface area contributed by atoms with Gasteiger partial charge in [-0.2, -0.15) is 5.10 Å². The molecule has 0 N–H and O–H groups in total. The summed E-state index contributed by atoms with van der Waals surface area (Å²) in [6, 6.07) is 21.3. The Bertz CT molecular complexity index is 1750. The minimum Gasteiger partial charge on any atom is -0.336 e. The number of hydrogen-bond acceptors (Lipinski definition) is 3. The molecular weight excluding hydrogens is 501 g/mol. The molecule has 8 heteroatoms. The van der Waals surface area contributed by atoms with Crippen molar-refractivity contribution in [2.45, 2.75) is 18.3 Å². The first-order chi connectivity index (χ1) is 18.9. The molecule has 0 radical (unpaired) electrons. The van der Waals surface area contributed by atoms with Crippen LogP contribution in [0.1, 0.15) is 33.1 Å². The quantitative estimate of drug-likeness (QED) is 0.292. The Labute approximate surface area is 222 Å². The third-order valence-electron chi connectivity index (χ3n) is 8.32. The fraction of sp³-hybridized carbons (Fsp3) is 0.194. The van der Waals surface area contributed by atoms with Crippen LogP contribution in [0.15, 0.2) is 85.2 Å². The lowest BCUT2D eigenvalue weighted by atomic mass is 9.86. The maximum atomic E-state index is 14.4. The first-order valence-electron chi connectivity index (χ1n) is 12.8. The van der Waals surface area contributed by atoms with Crippen molar-refractivity contribution in [1.82, 2.24) is 19.7 Å². The van der Waals surface area contributed by atoms with E-state index in [0.29, 0.717) is 19.2 Å². The molecule has 0 spiro atoms. The minimum atomic E-state index is -0.958. The van der Waals surface area contributed by atoms with Gasteiger partial charge < -0.3 is 4.90 Å². The van der Waals surface area contributed by atoms with Crippen molar-refractivity contribution in [2.24, 2.45) is 5.92 Å². The zero-order valence-corrected chi connectivity index (χ0v) is 21.0. The summed E-state index contributed by atoms with van der Waals surface area (Å²) in [6.45, 7) is 2.89. The van der Waals surface area contributed by atoms with E-state index in [0.717, 1.165) is 33.9 Å². The molecule has 5 nitrogen and oxygen atoms in total. The Morgan fingerprint density at radius 1 is 0.949 bits per heavy atom. The molecule has 1 saturated heterocycles. The molecule has 3 atom stereocenters. The maximum absolute atomic E-state index is 14.4. The average molecular weight is 525 g/mol. The highest BCUT2D eigenvalue weighted by molar-refractivity contribution is 5.93. The minimum absolute atomic E-state index is 0.135. The van der Waals surface area contributed by atoms with Crippen molar-refractivity contribution in [2.75, 3.05) is 13.1 Å². The number of pyridine rings is 1. The predicted molar refractivity (Wildman–Crippen MR) is 140 cm³/mol. The van der Waals surface area contributed by atoms with Crippen LogP contribution in [-0.4, -0.2) is 38.7 Å². The number of hydrogen-bond donors (Lipinski definition) is 0. The molecule has 5 aromatic rings. The monoisotopic (exact) mass is 524 g/mol. The van der Waals surface area contributed by atoms with Crippen LogP contribution in [0.5, 0.6) is 0 Å². The van der Waals surface area contributed by atoms with Gasteiger partial charge in [-0.25, -0.2) is 22.8 Å². The van der Waals surface area contributed by atoms with E-state index in [9.17, 15) is 18.0 Å². The molecule has 1 saturated carbocycles. The van der Waals surface area contributed by atoms with Crippen LogP contribution in [0.25, 0.3) is 16.6 Å². The number of aromatic nitrogens is 3. The zero-order valence-electron chi connectivity index (χ0n) is 21.0. The number of amides is 1. The molecule has 1 amide bonds. The van der Waals surface area contributed by atoms with Crippen molar-refractivity contribution < 1.29 is 18.0 Å². The molecule has 7 rings (SSSR count). The molecular formula is C31H23F3N4O. The van der Waals surface area contributed by atoms with Gasteiger partial charge in [0.25, 0.3) is 5.91 Å². The largest absolute Gasteiger partial charge is 0.336 e. The third-order valence-corrected chi connectivity index (χ3v) is 8.32. The van der Waals surface area contributed by atoms with Crippen molar-refractivity contribution in [3.05, 3.63) is 125 Å². The van der Waals surface area contributed by atoms with Crippen molar-refractivity contribution in [3.63, 3.8) is 0 Å². The zero-order chi connectivity index (χ0) is 26.9. The van der Waals surface area contributed by atoms with E-state index >= 15 is 0 Å². The topological polar surface area (TPSA) is 51.0 Å². The van der Waals surface area contributed by atoms with Crippen LogP contribution in [0.4, 0.5) is 13.2 Å². The molecule has 0 bridgehead atoms. The Morgan fingerprint density at radius 2 is 1.72 bits per heavy atom. The van der Waals surface area contributed by atoms with E-state index in [2.05, 4.69) is 41.3 Å². The van der Waals surface area contributed by atoms with Gasteiger partial charge in [0.05, 0.1) is 23.6 Å². The summed E-state index contributed by atoms with van der Waals surface area (Å²) in [7, 11) is 0. The van der Waals surface area contributed by atoms with E-state index in [-0.39, 0.29) is 28.8 Å². The van der Waals surface area contributed by atoms with E-state index < -0.39 is 17.5 Å². The van der Waals surface area contributed by atoms with Crippen LogP contribution in [0.3, 0.4) is 0 Å². The highest BCUT2D eigenvalue weighted by Gasteiger charge is 2.71. The molecule has 194 valence electrons. The molecule has 2 aliphatic rings. The highest BCUT2D eigenvalue weighted by atomic mass is 19.1. The van der Waals surface area contributed by atoms with Gasteiger partial charge >= 0.3 is 0 Å². The Kier molecular flexibility index (Phi) is 5.17. The van der Waals surface area contributed by atoms with Crippen LogP contribution in [0.2, 0.25) is 0 Å². The van der Waals surface area contributed by atoms with Gasteiger partial charge in [-0.1, -0.05) is 30.3 Å². The van der Waals surface area contributed by atoms with Gasteiger partial charge in [0.2, 0.25) is 0 Å². The number of halogens is 3. The number of fused-ring (bicyclic) bond motifs is 2. The first-order valence-corrected chi connectivity index (χ1v) is 12.8. The summed E-state index contributed by atoms with van der Waals surface area (Å²) in [5, 5.41) is 5.50. The second-order valence-electron chi connectivity index (χ2n) is 10.5. The van der Waals surface area contributed by atoms with E-state index in [1.807, 2.05) is 18.2 Å². The number of nitrogens with zero attached hydrogens (tertiary/aromatic N) is 4. The Hall–Kier alpha value is -4.46. The molecule has 39 heavy (non-hydrogen) atoms. The van der Waals surface area contributed by atoms with Crippen LogP contribution in [0, 0.1) is 30.3 Å². The maximum Gasteiger partial charge on any atom is 0.275 e. The standard InChI is InChI=1S/C31H23F3N4O/c1-18-11-27-20(14-36-38(27)23-9-7-21(32)8-10-23)12-24(18)31-17-37(30(39)29-26(34)13-22(33)15-35-29)16-25(31)28(31)19-5-3-2-4-6-19/h2-15,25,28H,16-17H2,1H3. The Balaban J connectivity index is 1.30. The number of benzene rings is 3. The van der Waals surface area contributed by atoms with Crippen LogP contribution >= 0.6 is 0 Å². The fourth-order valence-electron chi connectivity index (χ4n) is 6.61. The SMILES string of the molecule is Cc1cc2c(cnn2-c2ccc(F)cc2)cc1C12CN(C(=O)c3ncc(F)cc3F)CC1C2c1ccccc1. The summed E-state index contributed by atoms with van der Waals surface area (Å²) in [6.07, 6.45) is 2.66. The van der Waals surface area contributed by atoms with Gasteiger partial charge in [-0.05, 0) is 65.9 Å². The number of piperidine rings is 1. The summed E-state index contributed by atoms with van der Waals surface area (Å²) < 4.78 is 43.2. The summed E-state index contributed by atoms with van der Waals surface area (Å²) >= 11 is 0. The van der Waals surface area contributed by atoms with Crippen molar-refractivity contribution in [1.29, 1.82) is 0 Å². The molecule has 3 unspecified atom stereocenters. The Morgan fingerprint density at radius 3 is 2.46 bits per heavy atom. The lowest BCUT2D eigenvalue weighted by molar-refractivity contribution is 0.0758. The fourth-order valence-corrected chi connectivity index (χ4v) is 6.61. The van der Waals surface area contributed by atoms with Crippen molar-refractivity contribution >= 4 is 16.8 Å². The first kappa shape index (κ1) is 23.6. The smallest absolute Gasteiger partial charge is 0.275 e. The van der Waals surface area contributed by atoms with Gasteiger partial charge in [0, 0.05) is 35.9 Å². The van der Waals surface area contributed by atoms with E-state index in [1.165, 1.54) is 17.7 Å². The number of rotatable bonds is 4. The van der Waals surface area contributed by atoms with Crippen LogP contribution in [-0.2, 0) is 5.41 Å². The van der Waals surface area contributed by atoms with Crippen LogP contribution < -0.4 is 0 Å². The lowest BCUT2D eigenvalue weighted by Crippen LogP contribution is -2.35. The highest BCUT2D eigenvalue weighted by Crippen LogP contribution is 2.69. The lowest BCUT2D eigenvalue weighted by Gasteiger charge is -2.25. The number of aryl methyl sites for hydroxylation is 1. The number of carbonyl (C=O) groups excluding carboxylic acids is 1. The number of carbonyl (C=O) groups is 1. The van der Waals surface area contributed by atoms with E-state index in [4.69, 9.17) is 0 Å². The second-order valence-corrected chi connectivity index (χ2v) is 10.5. The molecule has 2 aromatic heterocycles. The molecule has 3 aromatic carbocycles. The van der Waals surface area contributed by atoms with Gasteiger partial charge in [-0.3, -0.25) is 4.79 Å². The second kappa shape index (κ2) is 8.53. The predicted octanol–water partition coefficient (Wildman–Crippen LogP) is 5.95. The van der Waals surface area contributed by atoms with Crippen molar-refractivity contribution in [3.8, 4) is 5.69 Å². The van der Waals surface area contributed by atoms with Gasteiger partial charge in [0.15, 0.2) is 11.5 Å². The number of likely N-dealkylation sites (tertiary alicyclic amines) is 1. The molecule has 1 aliphatic carbocycles. The van der Waals surface area contributed by atoms with Gasteiger partial charge in [0.1, 0.15) is 11.6 Å². The van der Waals surface area contributed by atoms with E-state index in [1.54, 1.807) is 27.9 Å². The molecule has 1 aliphatic heterocycles. The molecule has 2 fully saturated rings. The van der Waals surface area contributed by atoms with Gasteiger partial charge in [-0.15, -0.1) is 0 Å². The summed E-state index contributed by atoms with van der Waals surface area (Å²) in [5.74, 6) is -2.30. The normalized spacial score (nSPS) is 21.8. The summed E-state index contributed by atoms with van der Waals surface area (Å²) in [5.41, 5.74) is 4.31. The third kappa shape index (κ3) is 3.58. The molecule has 3 heterocycles.